The van der Waals surface area contributed by atoms with Gasteiger partial charge in [-0.3, -0.25) is 0 Å². The van der Waals surface area contributed by atoms with E-state index >= 15 is 0 Å². The molecule has 1 fully saturated rings. The van der Waals surface area contributed by atoms with Crippen LogP contribution in [0.3, 0.4) is 0 Å². The van der Waals surface area contributed by atoms with Crippen molar-refractivity contribution in [2.75, 3.05) is 39.3 Å². The summed E-state index contributed by atoms with van der Waals surface area (Å²) in [6.45, 7) is 12.7. The summed E-state index contributed by atoms with van der Waals surface area (Å²) >= 11 is 0. The number of aliphatic hydroxyl groups is 1. The third kappa shape index (κ3) is 4.52. The molecule has 108 valence electrons. The predicted molar refractivity (Wildman–Crippen MR) is 77.8 cm³/mol. The number of piperidine rings is 1. The Morgan fingerprint density at radius 2 is 1.78 bits per heavy atom. The Labute approximate surface area is 113 Å². The topological polar surface area (TPSA) is 35.5 Å². The quantitative estimate of drug-likeness (QED) is 0.698. The van der Waals surface area contributed by atoms with Gasteiger partial charge in [0.1, 0.15) is 0 Å². The lowest BCUT2D eigenvalue weighted by Crippen LogP contribution is -2.41. The monoisotopic (exact) mass is 256 g/mol. The number of rotatable bonds is 8. The predicted octanol–water partition coefficient (Wildman–Crippen LogP) is 2.11. The van der Waals surface area contributed by atoms with Crippen molar-refractivity contribution in [2.45, 2.75) is 46.5 Å². The van der Waals surface area contributed by atoms with E-state index in [2.05, 4.69) is 31.0 Å². The van der Waals surface area contributed by atoms with Crippen LogP contribution in [0.4, 0.5) is 0 Å². The maximum Gasteiger partial charge on any atom is 0.0499 e. The maximum atomic E-state index is 9.53. The van der Waals surface area contributed by atoms with Crippen molar-refractivity contribution < 1.29 is 5.11 Å². The average molecular weight is 256 g/mol. The fourth-order valence-corrected chi connectivity index (χ4v) is 2.83. The molecule has 0 bridgehead atoms. The Morgan fingerprint density at radius 3 is 2.22 bits per heavy atom. The van der Waals surface area contributed by atoms with Crippen LogP contribution in [-0.4, -0.2) is 49.3 Å². The van der Waals surface area contributed by atoms with E-state index in [1.807, 2.05) is 0 Å². The zero-order chi connectivity index (χ0) is 13.4. The molecule has 1 aliphatic heterocycles. The summed E-state index contributed by atoms with van der Waals surface area (Å²) in [5.74, 6) is 0.831. The Balaban J connectivity index is 2.21. The fraction of sp³-hybridized carbons (Fsp3) is 1.00. The molecular weight excluding hydrogens is 224 g/mol. The smallest absolute Gasteiger partial charge is 0.0499 e. The van der Waals surface area contributed by atoms with Gasteiger partial charge in [-0.2, -0.15) is 0 Å². The van der Waals surface area contributed by atoms with Crippen LogP contribution in [0.5, 0.6) is 0 Å². The van der Waals surface area contributed by atoms with Gasteiger partial charge in [0.2, 0.25) is 0 Å². The van der Waals surface area contributed by atoms with Crippen LogP contribution >= 0.6 is 0 Å². The van der Waals surface area contributed by atoms with Gasteiger partial charge in [-0.15, -0.1) is 0 Å². The highest BCUT2D eigenvalue weighted by Crippen LogP contribution is 2.24. The van der Waals surface area contributed by atoms with Crippen molar-refractivity contribution in [1.29, 1.82) is 0 Å². The summed E-state index contributed by atoms with van der Waals surface area (Å²) in [6.07, 6.45) is 4.76. The van der Waals surface area contributed by atoms with Crippen molar-refractivity contribution in [3.05, 3.63) is 0 Å². The molecule has 2 N–H and O–H groups in total. The van der Waals surface area contributed by atoms with Crippen molar-refractivity contribution in [3.8, 4) is 0 Å². The van der Waals surface area contributed by atoms with Gasteiger partial charge in [-0.1, -0.05) is 20.8 Å². The minimum Gasteiger partial charge on any atom is -0.396 e. The number of aliphatic hydroxyl groups excluding tert-OH is 1. The molecule has 0 saturated carbocycles. The third-order valence-corrected chi connectivity index (χ3v) is 4.92. The summed E-state index contributed by atoms with van der Waals surface area (Å²) in [5, 5.41) is 13.1. The van der Waals surface area contributed by atoms with Crippen molar-refractivity contribution in [1.82, 2.24) is 10.2 Å². The standard InChI is InChI=1S/C15H32N2O/c1-4-15(5-2,13-18)12-16-11-14-7-9-17(6-3)10-8-14/h14,16,18H,4-13H2,1-3H3. The fourth-order valence-electron chi connectivity index (χ4n) is 2.83. The molecule has 0 aromatic heterocycles. The van der Waals surface area contributed by atoms with E-state index < -0.39 is 0 Å². The zero-order valence-corrected chi connectivity index (χ0v) is 12.5. The molecule has 0 aliphatic carbocycles. The van der Waals surface area contributed by atoms with Crippen LogP contribution in [0.1, 0.15) is 46.5 Å². The highest BCUT2D eigenvalue weighted by Gasteiger charge is 2.25. The minimum atomic E-state index is 0.101. The van der Waals surface area contributed by atoms with Gasteiger partial charge in [0.25, 0.3) is 0 Å². The summed E-state index contributed by atoms with van der Waals surface area (Å²) in [5.41, 5.74) is 0.101. The SMILES string of the molecule is CCN1CCC(CNCC(CC)(CC)CO)CC1. The molecule has 0 unspecified atom stereocenters. The first kappa shape index (κ1) is 15.9. The van der Waals surface area contributed by atoms with Gasteiger partial charge in [0.15, 0.2) is 0 Å². The van der Waals surface area contributed by atoms with E-state index in [0.717, 1.165) is 31.8 Å². The third-order valence-electron chi connectivity index (χ3n) is 4.92. The summed E-state index contributed by atoms with van der Waals surface area (Å²) in [7, 11) is 0. The zero-order valence-electron chi connectivity index (χ0n) is 12.5. The Bertz CT molecular complexity index is 200. The second kappa shape index (κ2) is 8.13. The van der Waals surface area contributed by atoms with Crippen molar-refractivity contribution in [2.24, 2.45) is 11.3 Å². The molecule has 0 radical (unpaired) electrons. The van der Waals surface area contributed by atoms with Gasteiger partial charge >= 0.3 is 0 Å². The average Bonchev–Trinajstić information content (AvgIpc) is 2.45. The molecular formula is C15H32N2O. The highest BCUT2D eigenvalue weighted by molar-refractivity contribution is 4.80. The summed E-state index contributed by atoms with van der Waals surface area (Å²) in [4.78, 5) is 2.53. The molecule has 3 nitrogen and oxygen atoms in total. The molecule has 0 aromatic rings. The highest BCUT2D eigenvalue weighted by atomic mass is 16.3. The molecule has 1 aliphatic rings. The Morgan fingerprint density at radius 1 is 1.17 bits per heavy atom. The van der Waals surface area contributed by atoms with Crippen molar-refractivity contribution >= 4 is 0 Å². The van der Waals surface area contributed by atoms with E-state index in [0.29, 0.717) is 6.61 Å². The summed E-state index contributed by atoms with van der Waals surface area (Å²) in [6, 6.07) is 0. The number of nitrogens with zero attached hydrogens (tertiary/aromatic N) is 1. The first-order valence-electron chi connectivity index (χ1n) is 7.73. The second-order valence-corrected chi connectivity index (χ2v) is 5.87. The van der Waals surface area contributed by atoms with E-state index in [9.17, 15) is 5.11 Å². The number of likely N-dealkylation sites (tertiary alicyclic amines) is 1. The van der Waals surface area contributed by atoms with Crippen LogP contribution in [0.25, 0.3) is 0 Å². The molecule has 18 heavy (non-hydrogen) atoms. The van der Waals surface area contributed by atoms with Gasteiger partial charge in [-0.05, 0) is 57.8 Å². The Kier molecular flexibility index (Phi) is 7.20. The lowest BCUT2D eigenvalue weighted by atomic mass is 9.83. The number of hydrogen-bond donors (Lipinski definition) is 2. The Hall–Kier alpha value is -0.120. The van der Waals surface area contributed by atoms with Crippen LogP contribution in [-0.2, 0) is 0 Å². The van der Waals surface area contributed by atoms with Gasteiger partial charge in [-0.25, -0.2) is 0 Å². The number of hydrogen-bond acceptors (Lipinski definition) is 3. The summed E-state index contributed by atoms with van der Waals surface area (Å²) < 4.78 is 0. The van der Waals surface area contributed by atoms with Crippen LogP contribution in [0, 0.1) is 11.3 Å². The minimum absolute atomic E-state index is 0.101. The van der Waals surface area contributed by atoms with E-state index in [1.54, 1.807) is 0 Å². The van der Waals surface area contributed by atoms with Gasteiger partial charge in [0, 0.05) is 18.6 Å². The maximum absolute atomic E-state index is 9.53. The van der Waals surface area contributed by atoms with Crippen LogP contribution in [0.15, 0.2) is 0 Å². The first-order chi connectivity index (χ1) is 8.69. The van der Waals surface area contributed by atoms with Crippen molar-refractivity contribution in [3.63, 3.8) is 0 Å². The molecule has 0 amide bonds. The van der Waals surface area contributed by atoms with E-state index in [4.69, 9.17) is 0 Å². The molecule has 1 rings (SSSR count). The number of nitrogens with one attached hydrogen (secondary N) is 1. The molecule has 0 aromatic carbocycles. The van der Waals surface area contributed by atoms with E-state index in [1.165, 1.54) is 32.5 Å². The van der Waals surface area contributed by atoms with E-state index in [-0.39, 0.29) is 5.41 Å². The van der Waals surface area contributed by atoms with Crippen LogP contribution < -0.4 is 5.32 Å². The lowest BCUT2D eigenvalue weighted by Gasteiger charge is -2.33. The molecule has 0 spiro atoms. The lowest BCUT2D eigenvalue weighted by molar-refractivity contribution is 0.109. The molecule has 3 heteroatoms. The molecule has 1 heterocycles. The largest absolute Gasteiger partial charge is 0.396 e. The molecule has 0 atom stereocenters. The van der Waals surface area contributed by atoms with Gasteiger partial charge in [0.05, 0.1) is 0 Å². The van der Waals surface area contributed by atoms with Crippen LogP contribution in [0.2, 0.25) is 0 Å². The first-order valence-corrected chi connectivity index (χ1v) is 7.73. The second-order valence-electron chi connectivity index (χ2n) is 5.87. The molecule has 1 saturated heterocycles. The normalized spacial score (nSPS) is 19.3. The van der Waals surface area contributed by atoms with Gasteiger partial charge < -0.3 is 15.3 Å².